The van der Waals surface area contributed by atoms with E-state index >= 15 is 0 Å². The first-order valence-electron chi connectivity index (χ1n) is 10.9. The van der Waals surface area contributed by atoms with E-state index in [0.29, 0.717) is 5.56 Å². The Balaban J connectivity index is 1.68. The van der Waals surface area contributed by atoms with Crippen molar-refractivity contribution in [2.45, 2.75) is 45.3 Å². The lowest BCUT2D eigenvalue weighted by atomic mass is 10.1. The molecule has 0 bridgehead atoms. The summed E-state index contributed by atoms with van der Waals surface area (Å²) < 4.78 is 23.4. The third kappa shape index (κ3) is 5.30. The number of hydrogen-bond donors (Lipinski definition) is 1. The molecular formula is C23H23N5O8. The molecule has 36 heavy (non-hydrogen) atoms. The molecule has 1 saturated heterocycles. The highest BCUT2D eigenvalue weighted by atomic mass is 16.7. The molecule has 1 aromatic carbocycles. The molecule has 3 aromatic rings. The second-order valence-corrected chi connectivity index (χ2v) is 7.88. The Morgan fingerprint density at radius 1 is 0.944 bits per heavy atom. The van der Waals surface area contributed by atoms with Crippen LogP contribution in [0.25, 0.3) is 11.2 Å². The van der Waals surface area contributed by atoms with E-state index in [4.69, 9.17) is 18.9 Å². The topological polar surface area (TPSA) is 161 Å². The molecule has 13 heteroatoms. The van der Waals surface area contributed by atoms with Crippen LogP contribution in [-0.4, -0.2) is 68.3 Å². The zero-order chi connectivity index (χ0) is 25.8. The highest BCUT2D eigenvalue weighted by molar-refractivity contribution is 6.06. The molecule has 1 amide bonds. The van der Waals surface area contributed by atoms with Gasteiger partial charge in [-0.25, -0.2) is 15.0 Å². The number of rotatable bonds is 7. The third-order valence-electron chi connectivity index (χ3n) is 5.24. The van der Waals surface area contributed by atoms with Crippen molar-refractivity contribution in [3.8, 4) is 0 Å². The Labute approximate surface area is 204 Å². The minimum Gasteiger partial charge on any atom is -0.463 e. The van der Waals surface area contributed by atoms with E-state index in [1.54, 1.807) is 30.3 Å². The number of benzene rings is 1. The average molecular weight is 497 g/mol. The van der Waals surface area contributed by atoms with Crippen LogP contribution in [0, 0.1) is 0 Å². The van der Waals surface area contributed by atoms with Gasteiger partial charge in [-0.1, -0.05) is 18.2 Å². The monoisotopic (exact) mass is 497 g/mol. The van der Waals surface area contributed by atoms with Crippen molar-refractivity contribution in [1.29, 1.82) is 0 Å². The van der Waals surface area contributed by atoms with E-state index < -0.39 is 48.4 Å². The van der Waals surface area contributed by atoms with Crippen molar-refractivity contribution in [3.63, 3.8) is 0 Å². The van der Waals surface area contributed by atoms with Gasteiger partial charge in [0.2, 0.25) is 0 Å². The van der Waals surface area contributed by atoms with Crippen LogP contribution >= 0.6 is 0 Å². The van der Waals surface area contributed by atoms with Gasteiger partial charge in [0.1, 0.15) is 19.0 Å². The summed E-state index contributed by atoms with van der Waals surface area (Å²) in [6.07, 6.45) is -1.57. The van der Waals surface area contributed by atoms with Crippen molar-refractivity contribution in [3.05, 3.63) is 48.5 Å². The summed E-state index contributed by atoms with van der Waals surface area (Å²) in [5.41, 5.74) is 0.930. The van der Waals surface area contributed by atoms with Gasteiger partial charge in [0.25, 0.3) is 5.91 Å². The van der Waals surface area contributed by atoms with Gasteiger partial charge in [-0.15, -0.1) is 0 Å². The van der Waals surface area contributed by atoms with Crippen LogP contribution in [-0.2, 0) is 33.3 Å². The maximum Gasteiger partial charge on any atom is 0.303 e. The molecule has 0 aliphatic carbocycles. The number of anilines is 1. The number of fused-ring (bicyclic) bond motifs is 1. The highest BCUT2D eigenvalue weighted by Crippen LogP contribution is 2.36. The maximum absolute atomic E-state index is 12.6. The van der Waals surface area contributed by atoms with Crippen molar-refractivity contribution in [2.75, 3.05) is 11.9 Å². The van der Waals surface area contributed by atoms with E-state index in [2.05, 4.69) is 20.3 Å². The van der Waals surface area contributed by atoms with Crippen LogP contribution in [0.1, 0.15) is 37.4 Å². The van der Waals surface area contributed by atoms with Crippen molar-refractivity contribution < 1.29 is 38.1 Å². The molecule has 3 heterocycles. The van der Waals surface area contributed by atoms with Gasteiger partial charge in [0.05, 0.1) is 6.33 Å². The van der Waals surface area contributed by atoms with Gasteiger partial charge < -0.3 is 24.3 Å². The van der Waals surface area contributed by atoms with Crippen molar-refractivity contribution in [2.24, 2.45) is 0 Å². The highest BCUT2D eigenvalue weighted by Gasteiger charge is 2.51. The fourth-order valence-electron chi connectivity index (χ4n) is 3.82. The van der Waals surface area contributed by atoms with Gasteiger partial charge in [-0.05, 0) is 12.1 Å². The predicted octanol–water partition coefficient (Wildman–Crippen LogP) is 1.40. The molecule has 13 nitrogen and oxygen atoms in total. The Hall–Kier alpha value is -4.39. The molecule has 0 radical (unpaired) electrons. The second kappa shape index (κ2) is 10.5. The summed E-state index contributed by atoms with van der Waals surface area (Å²) in [5, 5.41) is 2.71. The Morgan fingerprint density at radius 2 is 1.64 bits per heavy atom. The van der Waals surface area contributed by atoms with Gasteiger partial charge in [0.15, 0.2) is 35.4 Å². The van der Waals surface area contributed by atoms with Gasteiger partial charge in [0, 0.05) is 26.3 Å². The summed E-state index contributed by atoms with van der Waals surface area (Å²) in [7, 11) is 0. The number of imidazole rings is 1. The fourth-order valence-corrected chi connectivity index (χ4v) is 3.82. The Morgan fingerprint density at radius 3 is 2.31 bits per heavy atom. The van der Waals surface area contributed by atoms with Crippen molar-refractivity contribution in [1.82, 2.24) is 19.5 Å². The summed E-state index contributed by atoms with van der Waals surface area (Å²) >= 11 is 0. The van der Waals surface area contributed by atoms with Crippen LogP contribution in [0.2, 0.25) is 0 Å². The molecule has 0 unspecified atom stereocenters. The number of carbonyl (C=O) groups is 4. The molecule has 1 N–H and O–H groups in total. The smallest absolute Gasteiger partial charge is 0.303 e. The van der Waals surface area contributed by atoms with Crippen LogP contribution in [0.5, 0.6) is 0 Å². The van der Waals surface area contributed by atoms with Crippen LogP contribution in [0.15, 0.2) is 43.0 Å². The van der Waals surface area contributed by atoms with E-state index in [-0.39, 0.29) is 23.6 Å². The lowest BCUT2D eigenvalue weighted by molar-refractivity contribution is -0.166. The minimum atomic E-state index is -1.11. The zero-order valence-corrected chi connectivity index (χ0v) is 19.6. The number of ether oxygens (including phenoxy) is 4. The molecule has 0 saturated carbocycles. The van der Waals surface area contributed by atoms with E-state index in [1.165, 1.54) is 38.0 Å². The van der Waals surface area contributed by atoms with Crippen molar-refractivity contribution >= 4 is 40.8 Å². The second-order valence-electron chi connectivity index (χ2n) is 7.88. The molecule has 1 fully saturated rings. The minimum absolute atomic E-state index is 0.155. The number of amides is 1. The van der Waals surface area contributed by atoms with E-state index in [0.717, 1.165) is 0 Å². The SMILES string of the molecule is CC(=O)OC[C@@H]1O[C@@H](n2cnc3c(NC(=O)c4ccccc4)ncnc32)[C@@H](OC(C)=O)[C@@H]1OC(C)=O. The van der Waals surface area contributed by atoms with E-state index in [9.17, 15) is 19.2 Å². The summed E-state index contributed by atoms with van der Waals surface area (Å²) in [5.74, 6) is -2.09. The number of hydrogen-bond acceptors (Lipinski definition) is 11. The number of aromatic nitrogens is 4. The lowest BCUT2D eigenvalue weighted by Gasteiger charge is -2.23. The largest absolute Gasteiger partial charge is 0.463 e. The molecule has 1 aliphatic rings. The molecule has 1 aliphatic heterocycles. The number of nitrogens with zero attached hydrogens (tertiary/aromatic N) is 4. The van der Waals surface area contributed by atoms with E-state index in [1.807, 2.05) is 0 Å². The summed E-state index contributed by atoms with van der Waals surface area (Å²) in [4.78, 5) is 60.4. The average Bonchev–Trinajstić information content (AvgIpc) is 3.40. The molecule has 4 atom stereocenters. The maximum atomic E-state index is 12.6. The number of esters is 3. The lowest BCUT2D eigenvalue weighted by Crippen LogP contribution is -2.40. The van der Waals surface area contributed by atoms with Crippen LogP contribution in [0.3, 0.4) is 0 Å². The molecular weight excluding hydrogens is 474 g/mol. The first kappa shape index (κ1) is 24.7. The normalized spacial score (nSPS) is 21.1. The van der Waals surface area contributed by atoms with Gasteiger partial charge in [-0.3, -0.25) is 23.7 Å². The first-order valence-corrected chi connectivity index (χ1v) is 10.9. The Kier molecular flexibility index (Phi) is 7.20. The van der Waals surface area contributed by atoms with Crippen LogP contribution in [0.4, 0.5) is 5.82 Å². The predicted molar refractivity (Wildman–Crippen MR) is 121 cm³/mol. The van der Waals surface area contributed by atoms with Gasteiger partial charge in [-0.2, -0.15) is 0 Å². The third-order valence-corrected chi connectivity index (χ3v) is 5.24. The summed E-state index contributed by atoms with van der Waals surface area (Å²) in [6, 6.07) is 8.57. The van der Waals surface area contributed by atoms with Crippen LogP contribution < -0.4 is 5.32 Å². The van der Waals surface area contributed by atoms with Gasteiger partial charge >= 0.3 is 17.9 Å². The number of nitrogens with one attached hydrogen (secondary N) is 1. The zero-order valence-electron chi connectivity index (χ0n) is 19.6. The first-order chi connectivity index (χ1) is 17.2. The fraction of sp³-hybridized carbons (Fsp3) is 0.348. The molecule has 2 aromatic heterocycles. The summed E-state index contributed by atoms with van der Waals surface area (Å²) in [6.45, 7) is 3.37. The number of carbonyl (C=O) groups excluding carboxylic acids is 4. The molecule has 4 rings (SSSR count). The quantitative estimate of drug-likeness (QED) is 0.371. The standard InChI is InChI=1S/C23H23N5O8/c1-12(29)33-9-16-18(34-13(2)30)19(35-14(3)31)23(36-16)28-11-26-17-20(24-10-25-21(17)28)27-22(32)15-7-5-4-6-8-15/h4-8,10-11,16,18-19,23H,9H2,1-3H3,(H,24,25,27,32)/t16-,18+,19-,23+/m0/s1. The molecule has 0 spiro atoms. The Bertz CT molecular complexity index is 1290. The molecule has 188 valence electrons.